The van der Waals surface area contributed by atoms with Crippen LogP contribution in [0.15, 0.2) is 16.7 Å². The second-order valence-corrected chi connectivity index (χ2v) is 8.29. The smallest absolute Gasteiger partial charge is 0.238 e. The molecule has 2 aromatic rings. The standard InChI is InChI=1S/C18H27N5O3S/c1-10(2)14-8-16(23(21-14)11(3)4)20-17(24)9-27-13(6)18(25)19-15-7-12(5)26-22-15/h7-8,10-11,13H,9H2,1-6H3,(H,20,24)(H,19,22,25). The highest BCUT2D eigenvalue weighted by Gasteiger charge is 2.19. The van der Waals surface area contributed by atoms with Crippen molar-refractivity contribution in [3.63, 3.8) is 0 Å². The molecule has 0 aliphatic carbocycles. The molecule has 0 aliphatic heterocycles. The number of amides is 2. The van der Waals surface area contributed by atoms with Gasteiger partial charge in [-0.1, -0.05) is 19.0 Å². The average Bonchev–Trinajstić information content (AvgIpc) is 3.19. The molecular formula is C18H27N5O3S. The average molecular weight is 394 g/mol. The van der Waals surface area contributed by atoms with E-state index in [2.05, 4.69) is 34.7 Å². The van der Waals surface area contributed by atoms with E-state index in [1.807, 2.05) is 19.9 Å². The van der Waals surface area contributed by atoms with Crippen LogP contribution in [0.5, 0.6) is 0 Å². The molecule has 0 aliphatic rings. The molecule has 8 nitrogen and oxygen atoms in total. The Morgan fingerprint density at radius 3 is 2.44 bits per heavy atom. The molecule has 0 saturated heterocycles. The molecule has 0 saturated carbocycles. The van der Waals surface area contributed by atoms with Gasteiger partial charge in [0, 0.05) is 18.2 Å². The fourth-order valence-corrected chi connectivity index (χ4v) is 2.97. The van der Waals surface area contributed by atoms with Crippen LogP contribution in [0.3, 0.4) is 0 Å². The van der Waals surface area contributed by atoms with Crippen molar-refractivity contribution >= 4 is 35.2 Å². The van der Waals surface area contributed by atoms with Gasteiger partial charge in [-0.2, -0.15) is 5.10 Å². The summed E-state index contributed by atoms with van der Waals surface area (Å²) in [6.07, 6.45) is 0. The van der Waals surface area contributed by atoms with Gasteiger partial charge in [-0.15, -0.1) is 11.8 Å². The molecule has 0 radical (unpaired) electrons. The van der Waals surface area contributed by atoms with Gasteiger partial charge >= 0.3 is 0 Å². The lowest BCUT2D eigenvalue weighted by Gasteiger charge is -2.13. The lowest BCUT2D eigenvalue weighted by Crippen LogP contribution is -2.25. The van der Waals surface area contributed by atoms with Crippen molar-refractivity contribution in [3.8, 4) is 0 Å². The molecule has 27 heavy (non-hydrogen) atoms. The predicted molar refractivity (Wildman–Crippen MR) is 107 cm³/mol. The van der Waals surface area contributed by atoms with Crippen LogP contribution < -0.4 is 10.6 Å². The van der Waals surface area contributed by atoms with Crippen molar-refractivity contribution in [1.29, 1.82) is 0 Å². The number of nitrogens with one attached hydrogen (secondary N) is 2. The molecule has 0 fully saturated rings. The second kappa shape index (κ2) is 9.07. The van der Waals surface area contributed by atoms with E-state index in [9.17, 15) is 9.59 Å². The molecule has 9 heteroatoms. The van der Waals surface area contributed by atoms with Gasteiger partial charge in [-0.05, 0) is 33.6 Å². The summed E-state index contributed by atoms with van der Waals surface area (Å²) in [6.45, 7) is 11.6. The summed E-state index contributed by atoms with van der Waals surface area (Å²) in [4.78, 5) is 24.5. The molecule has 0 aromatic carbocycles. The Kier molecular flexibility index (Phi) is 7.06. The summed E-state index contributed by atoms with van der Waals surface area (Å²) in [5.41, 5.74) is 0.933. The zero-order chi connectivity index (χ0) is 20.1. The Morgan fingerprint density at radius 1 is 1.19 bits per heavy atom. The minimum atomic E-state index is -0.408. The van der Waals surface area contributed by atoms with E-state index in [0.717, 1.165) is 5.69 Å². The van der Waals surface area contributed by atoms with Crippen LogP contribution in [0.2, 0.25) is 0 Å². The van der Waals surface area contributed by atoms with Crippen LogP contribution in [0.4, 0.5) is 11.6 Å². The first-order chi connectivity index (χ1) is 12.7. The Balaban J connectivity index is 1.89. The topological polar surface area (TPSA) is 102 Å². The number of hydrogen-bond donors (Lipinski definition) is 2. The van der Waals surface area contributed by atoms with Crippen molar-refractivity contribution < 1.29 is 14.1 Å². The minimum Gasteiger partial charge on any atom is -0.360 e. The largest absolute Gasteiger partial charge is 0.360 e. The zero-order valence-electron chi connectivity index (χ0n) is 16.6. The van der Waals surface area contributed by atoms with Crippen molar-refractivity contribution in [2.45, 2.75) is 58.8 Å². The maximum absolute atomic E-state index is 12.3. The van der Waals surface area contributed by atoms with Crippen LogP contribution >= 0.6 is 11.8 Å². The fraction of sp³-hybridized carbons (Fsp3) is 0.556. The lowest BCUT2D eigenvalue weighted by molar-refractivity contribution is -0.115. The first kappa shape index (κ1) is 21.0. The highest BCUT2D eigenvalue weighted by Crippen LogP contribution is 2.22. The van der Waals surface area contributed by atoms with E-state index in [-0.39, 0.29) is 29.5 Å². The van der Waals surface area contributed by atoms with Gasteiger partial charge in [-0.25, -0.2) is 4.68 Å². The number of thioether (sulfide) groups is 1. The Morgan fingerprint density at radius 2 is 1.89 bits per heavy atom. The van der Waals surface area contributed by atoms with Gasteiger partial charge in [0.15, 0.2) is 5.82 Å². The molecule has 1 atom stereocenters. The van der Waals surface area contributed by atoms with E-state index in [4.69, 9.17) is 4.52 Å². The third kappa shape index (κ3) is 5.85. The van der Waals surface area contributed by atoms with Crippen LogP contribution in [-0.4, -0.2) is 37.8 Å². The first-order valence-electron chi connectivity index (χ1n) is 8.92. The third-order valence-corrected chi connectivity index (χ3v) is 4.96. The molecule has 2 amide bonds. The molecule has 2 N–H and O–H groups in total. The number of hydrogen-bond acceptors (Lipinski definition) is 6. The minimum absolute atomic E-state index is 0.135. The fourth-order valence-electron chi connectivity index (χ4n) is 2.29. The monoisotopic (exact) mass is 393 g/mol. The van der Waals surface area contributed by atoms with Crippen molar-refractivity contribution in [1.82, 2.24) is 14.9 Å². The molecule has 2 aromatic heterocycles. The molecule has 2 rings (SSSR count). The van der Waals surface area contributed by atoms with Crippen LogP contribution in [0, 0.1) is 6.92 Å². The molecule has 2 heterocycles. The van der Waals surface area contributed by atoms with Gasteiger partial charge in [0.25, 0.3) is 0 Å². The zero-order valence-corrected chi connectivity index (χ0v) is 17.4. The maximum Gasteiger partial charge on any atom is 0.238 e. The van der Waals surface area contributed by atoms with Gasteiger partial charge in [0.1, 0.15) is 11.6 Å². The molecule has 148 valence electrons. The van der Waals surface area contributed by atoms with E-state index < -0.39 is 5.25 Å². The van der Waals surface area contributed by atoms with Gasteiger partial charge in [0.05, 0.1) is 16.7 Å². The molecular weight excluding hydrogens is 366 g/mol. The van der Waals surface area contributed by atoms with Crippen LogP contribution in [0.1, 0.15) is 58.0 Å². The van der Waals surface area contributed by atoms with E-state index in [1.165, 1.54) is 11.8 Å². The predicted octanol–water partition coefficient (Wildman–Crippen LogP) is 3.58. The highest BCUT2D eigenvalue weighted by molar-refractivity contribution is 8.01. The summed E-state index contributed by atoms with van der Waals surface area (Å²) >= 11 is 1.25. The van der Waals surface area contributed by atoms with E-state index in [0.29, 0.717) is 17.4 Å². The SMILES string of the molecule is Cc1cc(NC(=O)C(C)SCC(=O)Nc2cc(C(C)C)nn2C(C)C)no1. The number of nitrogens with zero attached hydrogens (tertiary/aromatic N) is 3. The summed E-state index contributed by atoms with van der Waals surface area (Å²) in [7, 11) is 0. The lowest BCUT2D eigenvalue weighted by atomic mass is 10.1. The summed E-state index contributed by atoms with van der Waals surface area (Å²) in [6, 6.07) is 3.67. The van der Waals surface area contributed by atoms with Gasteiger partial charge < -0.3 is 15.2 Å². The number of aryl methyl sites for hydroxylation is 1. The number of carbonyl (C=O) groups is 2. The van der Waals surface area contributed by atoms with E-state index in [1.54, 1.807) is 24.6 Å². The van der Waals surface area contributed by atoms with Gasteiger partial charge in [0.2, 0.25) is 11.8 Å². The summed E-state index contributed by atoms with van der Waals surface area (Å²) < 4.78 is 6.72. The Bertz CT molecular complexity index is 797. The summed E-state index contributed by atoms with van der Waals surface area (Å²) in [5, 5.41) is 13.4. The number of anilines is 2. The van der Waals surface area contributed by atoms with Crippen molar-refractivity contribution in [2.75, 3.05) is 16.4 Å². The van der Waals surface area contributed by atoms with Crippen molar-refractivity contribution in [3.05, 3.63) is 23.6 Å². The van der Waals surface area contributed by atoms with E-state index >= 15 is 0 Å². The Labute approximate surface area is 163 Å². The summed E-state index contributed by atoms with van der Waals surface area (Å²) in [5.74, 6) is 1.70. The molecule has 0 spiro atoms. The normalized spacial score (nSPS) is 12.4. The first-order valence-corrected chi connectivity index (χ1v) is 9.97. The number of carbonyl (C=O) groups excluding carboxylic acids is 2. The van der Waals surface area contributed by atoms with Gasteiger partial charge in [-0.3, -0.25) is 9.59 Å². The van der Waals surface area contributed by atoms with Crippen molar-refractivity contribution in [2.24, 2.45) is 0 Å². The van der Waals surface area contributed by atoms with Crippen LogP contribution in [0.25, 0.3) is 0 Å². The van der Waals surface area contributed by atoms with Crippen LogP contribution in [-0.2, 0) is 9.59 Å². The molecule has 1 unspecified atom stereocenters. The number of rotatable bonds is 8. The third-order valence-electron chi connectivity index (χ3n) is 3.82. The Hall–Kier alpha value is -2.29. The highest BCUT2D eigenvalue weighted by atomic mass is 32.2. The maximum atomic E-state index is 12.3. The second-order valence-electron chi connectivity index (χ2n) is 6.96. The molecule has 0 bridgehead atoms. The quantitative estimate of drug-likeness (QED) is 0.711. The number of aromatic nitrogens is 3.